The number of fused-ring (bicyclic) bond motifs is 1. The van der Waals surface area contributed by atoms with Crippen molar-refractivity contribution in [1.29, 1.82) is 0 Å². The number of hydrogen-bond donors (Lipinski definition) is 1. The Balaban J connectivity index is 2.15. The predicted octanol–water partition coefficient (Wildman–Crippen LogP) is 3.26. The van der Waals surface area contributed by atoms with Crippen LogP contribution >= 0.6 is 0 Å². The molecule has 3 aromatic rings. The van der Waals surface area contributed by atoms with E-state index in [0.717, 1.165) is 0 Å². The molecule has 0 unspecified atom stereocenters. The molecule has 3 rings (SSSR count). The first-order valence-electron chi connectivity index (χ1n) is 7.52. The maximum absolute atomic E-state index is 12.8. The summed E-state index contributed by atoms with van der Waals surface area (Å²) in [5, 5.41) is 11.9. The standard InChI is InChI=1S/C17H15N3O5S/c1-11-5-6-16(15(8-11)20(21)22)26(23,24)19-14-10-13(25-2)9-12-4-3-7-18-17(12)14/h3-10,19H,1-2H3. The Morgan fingerprint density at radius 3 is 2.65 bits per heavy atom. The smallest absolute Gasteiger partial charge is 0.290 e. The highest BCUT2D eigenvalue weighted by atomic mass is 32.2. The van der Waals surface area contributed by atoms with Crippen molar-refractivity contribution < 1.29 is 18.1 Å². The van der Waals surface area contributed by atoms with Crippen LogP contribution in [0.4, 0.5) is 11.4 Å². The monoisotopic (exact) mass is 373 g/mol. The lowest BCUT2D eigenvalue weighted by atomic mass is 10.2. The van der Waals surface area contributed by atoms with E-state index in [-0.39, 0.29) is 5.69 Å². The summed E-state index contributed by atoms with van der Waals surface area (Å²) in [6.45, 7) is 1.65. The van der Waals surface area contributed by atoms with Gasteiger partial charge < -0.3 is 4.74 Å². The van der Waals surface area contributed by atoms with E-state index in [4.69, 9.17) is 4.74 Å². The van der Waals surface area contributed by atoms with Crippen molar-refractivity contribution in [1.82, 2.24) is 4.98 Å². The van der Waals surface area contributed by atoms with Gasteiger partial charge in [-0.1, -0.05) is 12.1 Å². The highest BCUT2D eigenvalue weighted by molar-refractivity contribution is 7.92. The summed E-state index contributed by atoms with van der Waals surface area (Å²) in [4.78, 5) is 14.3. The Hall–Kier alpha value is -3.20. The fourth-order valence-corrected chi connectivity index (χ4v) is 3.77. The number of benzene rings is 2. The van der Waals surface area contributed by atoms with Crippen molar-refractivity contribution in [2.24, 2.45) is 0 Å². The van der Waals surface area contributed by atoms with Crippen LogP contribution in [0.1, 0.15) is 5.56 Å². The fraction of sp³-hybridized carbons (Fsp3) is 0.118. The fourth-order valence-electron chi connectivity index (χ4n) is 2.56. The molecule has 1 heterocycles. The zero-order valence-electron chi connectivity index (χ0n) is 14.0. The summed E-state index contributed by atoms with van der Waals surface area (Å²) in [6, 6.07) is 10.6. The van der Waals surface area contributed by atoms with Crippen LogP contribution in [0, 0.1) is 17.0 Å². The van der Waals surface area contributed by atoms with Gasteiger partial charge in [0.1, 0.15) is 5.75 Å². The van der Waals surface area contributed by atoms with Gasteiger partial charge in [-0.15, -0.1) is 0 Å². The number of nitrogens with one attached hydrogen (secondary N) is 1. The normalized spacial score (nSPS) is 11.3. The molecule has 1 N–H and O–H groups in total. The third-order valence-corrected chi connectivity index (χ3v) is 5.17. The molecule has 0 aliphatic carbocycles. The number of nitro groups is 1. The Morgan fingerprint density at radius 1 is 1.19 bits per heavy atom. The predicted molar refractivity (Wildman–Crippen MR) is 96.9 cm³/mol. The quantitative estimate of drug-likeness (QED) is 0.543. The molecule has 0 fully saturated rings. The zero-order valence-corrected chi connectivity index (χ0v) is 14.8. The lowest BCUT2D eigenvalue weighted by Gasteiger charge is -2.12. The van der Waals surface area contributed by atoms with E-state index in [1.54, 1.807) is 25.1 Å². The van der Waals surface area contributed by atoms with Crippen molar-refractivity contribution in [3.8, 4) is 5.75 Å². The molecule has 0 spiro atoms. The van der Waals surface area contributed by atoms with Crippen LogP contribution in [0.5, 0.6) is 5.75 Å². The van der Waals surface area contributed by atoms with Gasteiger partial charge in [0, 0.05) is 23.7 Å². The number of ether oxygens (including phenoxy) is 1. The van der Waals surface area contributed by atoms with Crippen LogP contribution in [0.3, 0.4) is 0 Å². The van der Waals surface area contributed by atoms with E-state index in [1.807, 2.05) is 0 Å². The van der Waals surface area contributed by atoms with Gasteiger partial charge in [0.25, 0.3) is 15.7 Å². The number of hydrogen-bond acceptors (Lipinski definition) is 6. The molecule has 8 nitrogen and oxygen atoms in total. The van der Waals surface area contributed by atoms with Crippen LogP contribution in [0.25, 0.3) is 10.9 Å². The minimum Gasteiger partial charge on any atom is -0.497 e. The first-order valence-corrected chi connectivity index (χ1v) is 9.01. The van der Waals surface area contributed by atoms with Crippen molar-refractivity contribution in [3.05, 3.63) is 64.3 Å². The van der Waals surface area contributed by atoms with Gasteiger partial charge in [-0.2, -0.15) is 0 Å². The largest absolute Gasteiger partial charge is 0.497 e. The molecule has 0 saturated heterocycles. The number of sulfonamides is 1. The van der Waals surface area contributed by atoms with Crippen LogP contribution < -0.4 is 9.46 Å². The Bertz CT molecular complexity index is 1110. The first-order chi connectivity index (χ1) is 12.3. The summed E-state index contributed by atoms with van der Waals surface area (Å²) >= 11 is 0. The Kier molecular flexibility index (Phi) is 4.47. The van der Waals surface area contributed by atoms with Crippen LogP contribution in [0.15, 0.2) is 53.6 Å². The lowest BCUT2D eigenvalue weighted by molar-refractivity contribution is -0.387. The second-order valence-electron chi connectivity index (χ2n) is 5.58. The van der Waals surface area contributed by atoms with Gasteiger partial charge >= 0.3 is 0 Å². The van der Waals surface area contributed by atoms with E-state index in [9.17, 15) is 18.5 Å². The van der Waals surface area contributed by atoms with Crippen molar-refractivity contribution in [2.75, 3.05) is 11.8 Å². The summed E-state index contributed by atoms with van der Waals surface area (Å²) in [5.74, 6) is 0.432. The number of rotatable bonds is 5. The van der Waals surface area contributed by atoms with E-state index in [1.165, 1.54) is 37.6 Å². The molecule has 134 valence electrons. The molecule has 1 aromatic heterocycles. The topological polar surface area (TPSA) is 111 Å². The summed E-state index contributed by atoms with van der Waals surface area (Å²) < 4.78 is 33.2. The SMILES string of the molecule is COc1cc(NS(=O)(=O)c2ccc(C)cc2[N+](=O)[O-])c2ncccc2c1. The molecule has 0 bridgehead atoms. The second kappa shape index (κ2) is 6.60. The van der Waals surface area contributed by atoms with Crippen LogP contribution in [-0.2, 0) is 10.0 Å². The minimum atomic E-state index is -4.21. The van der Waals surface area contributed by atoms with E-state index in [0.29, 0.717) is 22.2 Å². The lowest BCUT2D eigenvalue weighted by Crippen LogP contribution is -2.15. The number of anilines is 1. The molecule has 0 amide bonds. The third kappa shape index (κ3) is 3.29. The van der Waals surface area contributed by atoms with Gasteiger partial charge in [-0.3, -0.25) is 19.8 Å². The summed E-state index contributed by atoms with van der Waals surface area (Å²) in [6.07, 6.45) is 1.53. The van der Waals surface area contributed by atoms with Gasteiger partial charge in [-0.25, -0.2) is 8.42 Å². The average molecular weight is 373 g/mol. The van der Waals surface area contributed by atoms with Gasteiger partial charge in [-0.05, 0) is 30.7 Å². The maximum atomic E-state index is 12.8. The van der Waals surface area contributed by atoms with E-state index >= 15 is 0 Å². The molecule has 2 aromatic carbocycles. The highest BCUT2D eigenvalue weighted by Gasteiger charge is 2.26. The van der Waals surface area contributed by atoms with Gasteiger partial charge in [0.15, 0.2) is 4.90 Å². The summed E-state index contributed by atoms with van der Waals surface area (Å²) in [5.41, 5.74) is 0.684. The van der Waals surface area contributed by atoms with Gasteiger partial charge in [0.05, 0.1) is 23.2 Å². The Morgan fingerprint density at radius 2 is 1.96 bits per heavy atom. The van der Waals surface area contributed by atoms with Crippen molar-refractivity contribution in [2.45, 2.75) is 11.8 Å². The number of nitro benzene ring substituents is 1. The van der Waals surface area contributed by atoms with E-state index < -0.39 is 25.5 Å². The van der Waals surface area contributed by atoms with E-state index in [2.05, 4.69) is 9.71 Å². The maximum Gasteiger partial charge on any atom is 0.290 e. The number of aryl methyl sites for hydroxylation is 1. The molecule has 0 saturated carbocycles. The van der Waals surface area contributed by atoms with Gasteiger partial charge in [0.2, 0.25) is 0 Å². The zero-order chi connectivity index (χ0) is 18.9. The average Bonchev–Trinajstić information content (AvgIpc) is 2.60. The second-order valence-corrected chi connectivity index (χ2v) is 7.23. The Labute approximate surface area is 149 Å². The molecule has 0 aliphatic rings. The van der Waals surface area contributed by atoms with Crippen molar-refractivity contribution in [3.63, 3.8) is 0 Å². The molecular formula is C17H15N3O5S. The number of methoxy groups -OCH3 is 1. The van der Waals surface area contributed by atoms with Crippen LogP contribution in [0.2, 0.25) is 0 Å². The van der Waals surface area contributed by atoms with Crippen LogP contribution in [-0.4, -0.2) is 25.4 Å². The molecule has 0 atom stereocenters. The molecule has 0 aliphatic heterocycles. The first kappa shape index (κ1) is 17.6. The minimum absolute atomic E-state index is 0.176. The molecule has 0 radical (unpaired) electrons. The molecule has 26 heavy (non-hydrogen) atoms. The number of aromatic nitrogens is 1. The summed E-state index contributed by atoms with van der Waals surface area (Å²) in [7, 11) is -2.75. The molecule has 9 heteroatoms. The number of pyridine rings is 1. The highest BCUT2D eigenvalue weighted by Crippen LogP contribution is 2.31. The number of nitrogens with zero attached hydrogens (tertiary/aromatic N) is 2. The molecular weight excluding hydrogens is 358 g/mol. The van der Waals surface area contributed by atoms with Crippen molar-refractivity contribution >= 4 is 32.3 Å². The third-order valence-electron chi connectivity index (χ3n) is 3.76.